The van der Waals surface area contributed by atoms with Crippen molar-refractivity contribution in [3.05, 3.63) is 59.2 Å². The molecule has 0 heterocycles. The fourth-order valence-corrected chi connectivity index (χ4v) is 1.57. The molecule has 0 spiro atoms. The van der Waals surface area contributed by atoms with Gasteiger partial charge in [-0.1, -0.05) is 29.7 Å². The first-order valence-electron chi connectivity index (χ1n) is 4.57. The van der Waals surface area contributed by atoms with Crippen LogP contribution >= 0.6 is 0 Å². The predicted octanol–water partition coefficient (Wildman–Crippen LogP) is 3.09. The first kappa shape index (κ1) is 35.4. The Hall–Kier alpha value is 5.32. The SMILES string of the molecule is CC1=CC=C(Cc2[c-]ccc[c-]2)C1.[Y].[Y].[Y].[Y].[Y].[Y]. The van der Waals surface area contributed by atoms with Gasteiger partial charge in [0.1, 0.15) is 0 Å². The second-order valence-electron chi connectivity index (χ2n) is 3.48. The van der Waals surface area contributed by atoms with Gasteiger partial charge in [0.2, 0.25) is 0 Å². The molecule has 0 amide bonds. The minimum Gasteiger partial charge on any atom is -0.355 e. The van der Waals surface area contributed by atoms with Crippen molar-refractivity contribution in [1.29, 1.82) is 0 Å². The third-order valence-corrected chi connectivity index (χ3v) is 2.22. The van der Waals surface area contributed by atoms with E-state index in [-0.39, 0.29) is 196 Å². The summed E-state index contributed by atoms with van der Waals surface area (Å²) in [6, 6.07) is 12.2. The summed E-state index contributed by atoms with van der Waals surface area (Å²) in [5.41, 5.74) is 4.08. The van der Waals surface area contributed by atoms with Gasteiger partial charge in [-0.2, -0.15) is 0 Å². The zero-order valence-electron chi connectivity index (χ0n) is 11.3. The molecule has 1 aliphatic rings. The molecule has 0 nitrogen and oxygen atoms in total. The molecule has 0 atom stereocenters. The fraction of sp³-hybridized carbons (Fsp3) is 0.231. The van der Waals surface area contributed by atoms with Crippen LogP contribution in [0.25, 0.3) is 0 Å². The first-order valence-corrected chi connectivity index (χ1v) is 4.57. The van der Waals surface area contributed by atoms with Crippen molar-refractivity contribution >= 4 is 0 Å². The molecule has 0 saturated carbocycles. The Balaban J connectivity index is -0.000000109. The number of rotatable bonds is 2. The summed E-state index contributed by atoms with van der Waals surface area (Å²) >= 11 is 0. The van der Waals surface area contributed by atoms with E-state index in [1.165, 1.54) is 11.1 Å². The van der Waals surface area contributed by atoms with Crippen LogP contribution in [0.4, 0.5) is 0 Å². The van der Waals surface area contributed by atoms with E-state index >= 15 is 0 Å². The summed E-state index contributed by atoms with van der Waals surface area (Å²) < 4.78 is 0. The molecule has 0 aliphatic heterocycles. The van der Waals surface area contributed by atoms with Crippen LogP contribution in [0, 0.1) is 12.1 Å². The van der Waals surface area contributed by atoms with Crippen LogP contribution in [0.3, 0.4) is 0 Å². The summed E-state index contributed by atoms with van der Waals surface area (Å²) in [5.74, 6) is 0. The first-order chi connectivity index (χ1) is 6.34. The van der Waals surface area contributed by atoms with Crippen LogP contribution in [0.1, 0.15) is 18.9 Å². The van der Waals surface area contributed by atoms with Crippen molar-refractivity contribution < 1.29 is 196 Å². The van der Waals surface area contributed by atoms with E-state index in [4.69, 9.17) is 0 Å². The number of hydrogen-bond donors (Lipinski definition) is 0. The van der Waals surface area contributed by atoms with Gasteiger partial charge < -0.3 is 12.1 Å². The molecule has 84 valence electrons. The summed E-state index contributed by atoms with van der Waals surface area (Å²) in [4.78, 5) is 0. The van der Waals surface area contributed by atoms with Crippen LogP contribution in [0.2, 0.25) is 0 Å². The molecule has 19 heavy (non-hydrogen) atoms. The Kier molecular flexibility index (Phi) is 39.8. The van der Waals surface area contributed by atoms with Crippen molar-refractivity contribution in [1.82, 2.24) is 0 Å². The van der Waals surface area contributed by atoms with Crippen LogP contribution in [-0.4, -0.2) is 0 Å². The van der Waals surface area contributed by atoms with Gasteiger partial charge in [-0.15, -0.1) is 0 Å². The zero-order valence-corrected chi connectivity index (χ0v) is 28.3. The minimum atomic E-state index is 0. The van der Waals surface area contributed by atoms with Crippen LogP contribution in [-0.2, 0) is 203 Å². The van der Waals surface area contributed by atoms with Gasteiger partial charge in [-0.25, -0.2) is 0 Å². The molecule has 0 bridgehead atoms. The van der Waals surface area contributed by atoms with E-state index < -0.39 is 0 Å². The van der Waals surface area contributed by atoms with E-state index in [0.29, 0.717) is 0 Å². The summed E-state index contributed by atoms with van der Waals surface area (Å²) in [6.07, 6.45) is 6.52. The van der Waals surface area contributed by atoms with Crippen LogP contribution in [0.15, 0.2) is 41.5 Å². The number of hydrogen-bond acceptors (Lipinski definition) is 0. The van der Waals surface area contributed by atoms with E-state index in [9.17, 15) is 0 Å². The van der Waals surface area contributed by atoms with Gasteiger partial charge in [0.15, 0.2) is 0 Å². The van der Waals surface area contributed by atoms with E-state index in [2.05, 4.69) is 31.2 Å². The second-order valence-corrected chi connectivity index (χ2v) is 3.48. The molecule has 0 N–H and O–H groups in total. The Morgan fingerprint density at radius 3 is 1.84 bits per heavy atom. The number of allylic oxidation sites excluding steroid dienone is 4. The van der Waals surface area contributed by atoms with E-state index in [0.717, 1.165) is 18.4 Å². The second kappa shape index (κ2) is 21.4. The normalized spacial score (nSPS) is 10.6. The molecule has 0 aromatic heterocycles. The molecular formula is C13H12Y6-2. The third kappa shape index (κ3) is 15.3. The van der Waals surface area contributed by atoms with Gasteiger partial charge in [-0.3, -0.25) is 23.8 Å². The molecule has 0 unspecified atom stereocenters. The molecule has 6 heteroatoms. The maximum Gasteiger partial charge on any atom is 0 e. The number of benzene rings is 1. The van der Waals surface area contributed by atoms with Gasteiger partial charge in [0.25, 0.3) is 0 Å². The topological polar surface area (TPSA) is 0 Å². The Bertz CT molecular complexity index is 359. The van der Waals surface area contributed by atoms with E-state index in [1.54, 1.807) is 0 Å². The molecule has 1 aromatic rings. The smallest absolute Gasteiger partial charge is 0 e. The largest absolute Gasteiger partial charge is 0.355 e. The minimum absolute atomic E-state index is 0. The van der Waals surface area contributed by atoms with Gasteiger partial charge in [0.05, 0.1) is 0 Å². The molecule has 2 rings (SSSR count). The molecular weight excluding hydrogens is 690 g/mol. The van der Waals surface area contributed by atoms with Gasteiger partial charge in [0, 0.05) is 196 Å². The van der Waals surface area contributed by atoms with E-state index in [1.807, 2.05) is 18.2 Å². The zero-order chi connectivity index (χ0) is 9.10. The Morgan fingerprint density at radius 2 is 1.42 bits per heavy atom. The average Bonchev–Trinajstić information content (AvgIpc) is 2.53. The molecule has 1 aromatic carbocycles. The molecule has 6 radical (unpaired) electrons. The maximum atomic E-state index is 3.19. The van der Waals surface area contributed by atoms with Gasteiger partial charge >= 0.3 is 0 Å². The quantitative estimate of drug-likeness (QED) is 0.417. The maximum absolute atomic E-state index is 3.19. The van der Waals surface area contributed by atoms with Crippen LogP contribution < -0.4 is 0 Å². The third-order valence-electron chi connectivity index (χ3n) is 2.22. The average molecular weight is 702 g/mol. The van der Waals surface area contributed by atoms with Crippen molar-refractivity contribution in [3.63, 3.8) is 0 Å². The Morgan fingerprint density at radius 1 is 0.895 bits per heavy atom. The van der Waals surface area contributed by atoms with Crippen molar-refractivity contribution in [2.45, 2.75) is 19.8 Å². The molecule has 0 saturated heterocycles. The predicted molar refractivity (Wildman–Crippen MR) is 54.3 cm³/mol. The van der Waals surface area contributed by atoms with Crippen LogP contribution in [0.5, 0.6) is 0 Å². The van der Waals surface area contributed by atoms with Gasteiger partial charge in [-0.05, 0) is 13.3 Å². The van der Waals surface area contributed by atoms with Crippen molar-refractivity contribution in [3.8, 4) is 0 Å². The Labute approximate surface area is 268 Å². The fourth-order valence-electron chi connectivity index (χ4n) is 1.57. The standard InChI is InChI=1S/C13H12.6Y/c1-11-7-8-13(9-11)10-12-5-3-2-4-6-12;;;;;;/h2-4,7-8H,9-10H2,1H3;;;;;;/q-2;;;;;;. The molecule has 1 aliphatic carbocycles. The van der Waals surface area contributed by atoms with Crippen molar-refractivity contribution in [2.75, 3.05) is 0 Å². The summed E-state index contributed by atoms with van der Waals surface area (Å²) in [7, 11) is 0. The molecule has 0 fully saturated rings. The summed E-state index contributed by atoms with van der Waals surface area (Å²) in [6.45, 7) is 2.17. The summed E-state index contributed by atoms with van der Waals surface area (Å²) in [5, 5.41) is 0. The monoisotopic (exact) mass is 702 g/mol. The van der Waals surface area contributed by atoms with Crippen molar-refractivity contribution in [2.24, 2.45) is 0 Å².